The summed E-state index contributed by atoms with van der Waals surface area (Å²) in [5.74, 6) is 0. The van der Waals surface area contributed by atoms with Gasteiger partial charge in [0.25, 0.3) is 6.47 Å². The first kappa shape index (κ1) is 13.2. The lowest BCUT2D eigenvalue weighted by atomic mass is 10.1. The maximum Gasteiger partial charge on any atom is 0.290 e. The van der Waals surface area contributed by atoms with E-state index in [-0.39, 0.29) is 6.47 Å². The van der Waals surface area contributed by atoms with Crippen molar-refractivity contribution >= 4 is 28.6 Å². The van der Waals surface area contributed by atoms with Crippen LogP contribution in [0.4, 0.5) is 11.4 Å². The second kappa shape index (κ2) is 6.09. The van der Waals surface area contributed by atoms with Crippen LogP contribution in [-0.4, -0.2) is 24.7 Å². The van der Waals surface area contributed by atoms with E-state index in [4.69, 9.17) is 15.6 Å². The molecule has 2 aromatic rings. The van der Waals surface area contributed by atoms with Gasteiger partial charge in [0.15, 0.2) is 0 Å². The van der Waals surface area contributed by atoms with Gasteiger partial charge in [0, 0.05) is 35.2 Å². The van der Waals surface area contributed by atoms with Crippen LogP contribution < -0.4 is 10.6 Å². The van der Waals surface area contributed by atoms with E-state index in [1.807, 2.05) is 12.1 Å². The molecule has 0 aromatic heterocycles. The highest BCUT2D eigenvalue weighted by Gasteiger charge is 2.14. The number of fused-ring (bicyclic) bond motifs is 1. The summed E-state index contributed by atoms with van der Waals surface area (Å²) in [6.07, 6.45) is 2.61. The third-order valence-electron chi connectivity index (χ3n) is 3.38. The fourth-order valence-corrected chi connectivity index (χ4v) is 2.54. The van der Waals surface area contributed by atoms with Crippen molar-refractivity contribution in [3.05, 3.63) is 36.4 Å². The van der Waals surface area contributed by atoms with E-state index in [1.54, 1.807) is 0 Å². The van der Waals surface area contributed by atoms with Crippen molar-refractivity contribution in [1.82, 2.24) is 0 Å². The fourth-order valence-electron chi connectivity index (χ4n) is 2.54. The van der Waals surface area contributed by atoms with E-state index in [9.17, 15) is 0 Å². The monoisotopic (exact) mass is 258 g/mol. The quantitative estimate of drug-likeness (QED) is 0.609. The molecule has 100 valence electrons. The number of benzene rings is 2. The van der Waals surface area contributed by atoms with Crippen LogP contribution in [0.5, 0.6) is 0 Å². The van der Waals surface area contributed by atoms with Crippen LogP contribution in [0.1, 0.15) is 12.8 Å². The van der Waals surface area contributed by atoms with Crippen molar-refractivity contribution in [3.8, 4) is 0 Å². The van der Waals surface area contributed by atoms with Gasteiger partial charge < -0.3 is 15.7 Å². The Kier molecular flexibility index (Phi) is 4.23. The highest BCUT2D eigenvalue weighted by molar-refractivity contribution is 6.01. The molecule has 1 aliphatic heterocycles. The van der Waals surface area contributed by atoms with Crippen molar-refractivity contribution in [2.24, 2.45) is 0 Å². The van der Waals surface area contributed by atoms with Crippen molar-refractivity contribution in [3.63, 3.8) is 0 Å². The summed E-state index contributed by atoms with van der Waals surface area (Å²) < 4.78 is 0. The minimum absolute atomic E-state index is 0.250. The number of hydrogen-bond donors (Lipinski definition) is 2. The Bertz CT molecular complexity index is 563. The largest absolute Gasteiger partial charge is 0.483 e. The zero-order chi connectivity index (χ0) is 13.7. The molecule has 1 heterocycles. The number of nitrogen functional groups attached to an aromatic ring is 1. The molecular weight excluding hydrogens is 240 g/mol. The predicted molar refractivity (Wildman–Crippen MR) is 78.5 cm³/mol. The summed E-state index contributed by atoms with van der Waals surface area (Å²) in [6.45, 7) is 2.10. The van der Waals surface area contributed by atoms with Crippen LogP contribution in [0.2, 0.25) is 0 Å². The summed E-state index contributed by atoms with van der Waals surface area (Å²) in [6, 6.07) is 12.6. The molecule has 19 heavy (non-hydrogen) atoms. The highest BCUT2D eigenvalue weighted by atomic mass is 16.3. The van der Waals surface area contributed by atoms with Crippen LogP contribution in [0.3, 0.4) is 0 Å². The number of nitrogens with zero attached hydrogens (tertiary/aromatic N) is 1. The first-order valence-corrected chi connectivity index (χ1v) is 6.38. The maximum atomic E-state index is 8.36. The smallest absolute Gasteiger partial charge is 0.290 e. The van der Waals surface area contributed by atoms with Gasteiger partial charge in [0.1, 0.15) is 0 Å². The van der Waals surface area contributed by atoms with Crippen molar-refractivity contribution < 1.29 is 9.90 Å². The maximum absolute atomic E-state index is 8.36. The molecule has 0 bridgehead atoms. The second-order valence-corrected chi connectivity index (χ2v) is 4.52. The molecule has 3 N–H and O–H groups in total. The number of carboxylic acid groups (broad SMARTS) is 1. The second-order valence-electron chi connectivity index (χ2n) is 4.52. The van der Waals surface area contributed by atoms with E-state index >= 15 is 0 Å². The zero-order valence-electron chi connectivity index (χ0n) is 10.7. The molecule has 0 radical (unpaired) electrons. The van der Waals surface area contributed by atoms with Crippen LogP contribution in [-0.2, 0) is 4.79 Å². The fraction of sp³-hybridized carbons (Fsp3) is 0.267. The van der Waals surface area contributed by atoms with Gasteiger partial charge in [0.05, 0.1) is 0 Å². The van der Waals surface area contributed by atoms with E-state index in [1.165, 1.54) is 42.4 Å². The van der Waals surface area contributed by atoms with Gasteiger partial charge in [-0.1, -0.05) is 24.3 Å². The van der Waals surface area contributed by atoms with E-state index in [0.717, 1.165) is 5.69 Å². The lowest BCUT2D eigenvalue weighted by Crippen LogP contribution is -2.17. The molecule has 2 aromatic carbocycles. The van der Waals surface area contributed by atoms with Crippen LogP contribution in [0, 0.1) is 0 Å². The summed E-state index contributed by atoms with van der Waals surface area (Å²) in [7, 11) is 0. The molecule has 0 atom stereocenters. The number of carbonyl (C=O) groups is 1. The zero-order valence-corrected chi connectivity index (χ0v) is 10.7. The average molecular weight is 258 g/mol. The normalized spacial score (nSPS) is 14.0. The minimum Gasteiger partial charge on any atom is -0.483 e. The number of anilines is 2. The Morgan fingerprint density at radius 2 is 1.63 bits per heavy atom. The molecule has 0 unspecified atom stereocenters. The molecule has 0 aliphatic carbocycles. The van der Waals surface area contributed by atoms with Crippen molar-refractivity contribution in [2.45, 2.75) is 12.8 Å². The molecule has 0 spiro atoms. The molecule has 4 nitrogen and oxygen atoms in total. The standard InChI is InChI=1S/C14H16N2.CH2O2/c15-13-7-8-14(16-9-3-4-10-16)12-6-2-1-5-11(12)13;2-1-3/h1-2,5-8H,3-4,9-10,15H2;1H,(H,2,3). The molecule has 1 fully saturated rings. The first-order valence-electron chi connectivity index (χ1n) is 6.38. The third-order valence-corrected chi connectivity index (χ3v) is 3.38. The number of rotatable bonds is 1. The van der Waals surface area contributed by atoms with E-state index < -0.39 is 0 Å². The summed E-state index contributed by atoms with van der Waals surface area (Å²) in [5.41, 5.74) is 8.21. The first-order chi connectivity index (χ1) is 9.27. The SMILES string of the molecule is Nc1ccc(N2CCCC2)c2ccccc12.O=CO. The highest BCUT2D eigenvalue weighted by Crippen LogP contribution is 2.32. The molecular formula is C15H18N2O2. The Labute approximate surface area is 112 Å². The van der Waals surface area contributed by atoms with Crippen molar-refractivity contribution in [1.29, 1.82) is 0 Å². The lowest BCUT2D eigenvalue weighted by molar-refractivity contribution is -0.122. The van der Waals surface area contributed by atoms with Gasteiger partial charge >= 0.3 is 0 Å². The van der Waals surface area contributed by atoms with Gasteiger partial charge in [-0.2, -0.15) is 0 Å². The third kappa shape index (κ3) is 2.78. The van der Waals surface area contributed by atoms with Crippen LogP contribution in [0.15, 0.2) is 36.4 Å². The minimum atomic E-state index is -0.250. The Morgan fingerprint density at radius 1 is 1.05 bits per heavy atom. The Balaban J connectivity index is 0.000000408. The Hall–Kier alpha value is -2.23. The summed E-state index contributed by atoms with van der Waals surface area (Å²) in [4.78, 5) is 10.8. The molecule has 0 amide bonds. The van der Waals surface area contributed by atoms with E-state index in [0.29, 0.717) is 0 Å². The number of nitrogens with two attached hydrogens (primary N) is 1. The van der Waals surface area contributed by atoms with Gasteiger partial charge in [0.2, 0.25) is 0 Å². The Morgan fingerprint density at radius 3 is 2.26 bits per heavy atom. The lowest BCUT2D eigenvalue weighted by Gasteiger charge is -2.20. The molecule has 1 aliphatic rings. The summed E-state index contributed by atoms with van der Waals surface area (Å²) >= 11 is 0. The molecule has 1 saturated heterocycles. The van der Waals surface area contributed by atoms with Crippen LogP contribution >= 0.6 is 0 Å². The molecule has 4 heteroatoms. The van der Waals surface area contributed by atoms with Gasteiger partial charge in [-0.3, -0.25) is 4.79 Å². The summed E-state index contributed by atoms with van der Waals surface area (Å²) in [5, 5.41) is 9.34. The van der Waals surface area contributed by atoms with Gasteiger partial charge in [-0.15, -0.1) is 0 Å². The predicted octanol–water partition coefficient (Wildman–Crippen LogP) is 2.72. The van der Waals surface area contributed by atoms with Gasteiger partial charge in [-0.05, 0) is 25.0 Å². The molecule has 3 rings (SSSR count). The van der Waals surface area contributed by atoms with Crippen molar-refractivity contribution in [2.75, 3.05) is 23.7 Å². The van der Waals surface area contributed by atoms with Gasteiger partial charge in [-0.25, -0.2) is 0 Å². The average Bonchev–Trinajstić information content (AvgIpc) is 2.94. The number of hydrogen-bond acceptors (Lipinski definition) is 3. The van der Waals surface area contributed by atoms with E-state index in [2.05, 4.69) is 29.2 Å². The molecule has 0 saturated carbocycles. The topological polar surface area (TPSA) is 66.6 Å². The van der Waals surface area contributed by atoms with Crippen LogP contribution in [0.25, 0.3) is 10.8 Å².